The van der Waals surface area contributed by atoms with Crippen LogP contribution in [-0.4, -0.2) is 44.0 Å². The van der Waals surface area contributed by atoms with Gasteiger partial charge in [-0.25, -0.2) is 0 Å². The Morgan fingerprint density at radius 3 is 2.73 bits per heavy atom. The smallest absolute Gasteiger partial charge is 0.210 e. The number of piperazine rings is 1. The average molecular weight is 209 g/mol. The molecule has 1 saturated heterocycles. The predicted octanol–water partition coefficient (Wildman–Crippen LogP) is -0.300. The molecular formula is C12H21N2O+. The van der Waals surface area contributed by atoms with Crippen molar-refractivity contribution < 1.29 is 9.69 Å². The first kappa shape index (κ1) is 10.7. The van der Waals surface area contributed by atoms with E-state index in [1.54, 1.807) is 4.90 Å². The molecule has 1 atom stereocenters. The van der Waals surface area contributed by atoms with Crippen molar-refractivity contribution in [1.29, 1.82) is 0 Å². The van der Waals surface area contributed by atoms with Gasteiger partial charge >= 0.3 is 0 Å². The minimum absolute atomic E-state index is 0.882. The maximum Gasteiger partial charge on any atom is 0.210 e. The molecule has 0 radical (unpaired) electrons. The van der Waals surface area contributed by atoms with Crippen LogP contribution in [0.5, 0.6) is 0 Å². The van der Waals surface area contributed by atoms with Gasteiger partial charge in [0.1, 0.15) is 0 Å². The first-order valence-electron chi connectivity index (χ1n) is 6.06. The summed E-state index contributed by atoms with van der Waals surface area (Å²) < 4.78 is 0. The number of amides is 1. The monoisotopic (exact) mass is 209 g/mol. The number of carbonyl (C=O) groups is 1. The summed E-state index contributed by atoms with van der Waals surface area (Å²) in [4.78, 5) is 14.1. The molecule has 0 bridgehead atoms. The van der Waals surface area contributed by atoms with Crippen LogP contribution in [0.2, 0.25) is 0 Å². The van der Waals surface area contributed by atoms with Gasteiger partial charge in [-0.15, -0.1) is 0 Å². The number of carbonyl (C=O) groups excluding carboxylic acids is 1. The quantitative estimate of drug-likeness (QED) is 0.501. The zero-order valence-corrected chi connectivity index (χ0v) is 9.32. The van der Waals surface area contributed by atoms with E-state index in [0.29, 0.717) is 0 Å². The van der Waals surface area contributed by atoms with Gasteiger partial charge in [0.15, 0.2) is 0 Å². The van der Waals surface area contributed by atoms with Crippen LogP contribution in [0.4, 0.5) is 0 Å². The summed E-state index contributed by atoms with van der Waals surface area (Å²) in [7, 11) is 0. The Balaban J connectivity index is 1.71. The number of nitrogens with zero attached hydrogens (tertiary/aromatic N) is 1. The van der Waals surface area contributed by atoms with E-state index < -0.39 is 0 Å². The molecule has 2 rings (SSSR count). The fourth-order valence-corrected chi connectivity index (χ4v) is 2.60. The molecule has 1 aliphatic carbocycles. The molecule has 0 spiro atoms. The van der Waals surface area contributed by atoms with Crippen molar-refractivity contribution in [3.63, 3.8) is 0 Å². The van der Waals surface area contributed by atoms with Crippen molar-refractivity contribution in [2.45, 2.75) is 19.3 Å². The van der Waals surface area contributed by atoms with Crippen LogP contribution >= 0.6 is 0 Å². The van der Waals surface area contributed by atoms with Crippen molar-refractivity contribution in [1.82, 2.24) is 4.90 Å². The molecule has 84 valence electrons. The van der Waals surface area contributed by atoms with E-state index in [9.17, 15) is 4.79 Å². The normalized spacial score (nSPS) is 28.0. The van der Waals surface area contributed by atoms with Gasteiger partial charge in [0.25, 0.3) is 0 Å². The molecule has 1 aliphatic heterocycles. The summed E-state index contributed by atoms with van der Waals surface area (Å²) in [5.74, 6) is 0.882. The standard InChI is InChI=1S/C12H20N2O/c15-11-14-8-6-13(7-9-14)10-12-4-2-1-3-5-12/h1-2,11-12H,3-10H2/p+1/t12-/m1/s1. The van der Waals surface area contributed by atoms with E-state index in [1.165, 1.54) is 25.8 Å². The first-order chi connectivity index (χ1) is 7.38. The fraction of sp³-hybridized carbons (Fsp3) is 0.750. The third-order valence-electron chi connectivity index (χ3n) is 3.61. The van der Waals surface area contributed by atoms with Gasteiger partial charge in [-0.05, 0) is 19.3 Å². The molecule has 3 nitrogen and oxygen atoms in total. The molecule has 0 saturated carbocycles. The second kappa shape index (κ2) is 5.31. The molecule has 1 N–H and O–H groups in total. The Labute approximate surface area is 91.7 Å². The van der Waals surface area contributed by atoms with E-state index in [1.807, 2.05) is 4.90 Å². The number of rotatable bonds is 3. The minimum atomic E-state index is 0.882. The Kier molecular flexibility index (Phi) is 3.78. The summed E-state index contributed by atoms with van der Waals surface area (Å²) in [6.07, 6.45) is 9.50. The van der Waals surface area contributed by atoms with E-state index in [0.717, 1.165) is 38.5 Å². The van der Waals surface area contributed by atoms with Crippen molar-refractivity contribution in [3.8, 4) is 0 Å². The Hall–Kier alpha value is -0.830. The lowest BCUT2D eigenvalue weighted by atomic mass is 9.94. The van der Waals surface area contributed by atoms with Crippen molar-refractivity contribution >= 4 is 6.41 Å². The lowest BCUT2D eigenvalue weighted by Gasteiger charge is -2.32. The molecule has 0 unspecified atom stereocenters. The van der Waals surface area contributed by atoms with Gasteiger partial charge in [0.2, 0.25) is 6.41 Å². The van der Waals surface area contributed by atoms with E-state index in [2.05, 4.69) is 12.2 Å². The fourth-order valence-electron chi connectivity index (χ4n) is 2.60. The highest BCUT2D eigenvalue weighted by atomic mass is 16.1. The Morgan fingerprint density at radius 2 is 2.13 bits per heavy atom. The largest absolute Gasteiger partial charge is 0.334 e. The van der Waals surface area contributed by atoms with Crippen molar-refractivity contribution in [3.05, 3.63) is 12.2 Å². The average Bonchev–Trinajstić information content (AvgIpc) is 2.31. The lowest BCUT2D eigenvalue weighted by molar-refractivity contribution is -0.907. The Morgan fingerprint density at radius 1 is 1.33 bits per heavy atom. The highest BCUT2D eigenvalue weighted by Gasteiger charge is 2.22. The maximum atomic E-state index is 10.6. The second-order valence-corrected chi connectivity index (χ2v) is 4.75. The molecule has 0 aromatic carbocycles. The molecule has 0 aromatic heterocycles. The number of hydrogen-bond donors (Lipinski definition) is 1. The van der Waals surface area contributed by atoms with Crippen LogP contribution in [0.3, 0.4) is 0 Å². The minimum Gasteiger partial charge on any atom is -0.334 e. The van der Waals surface area contributed by atoms with Gasteiger partial charge in [-0.2, -0.15) is 0 Å². The number of allylic oxidation sites excluding steroid dienone is 2. The highest BCUT2D eigenvalue weighted by molar-refractivity contribution is 5.46. The van der Waals surface area contributed by atoms with Crippen LogP contribution in [0.25, 0.3) is 0 Å². The zero-order chi connectivity index (χ0) is 10.5. The number of quaternary nitrogens is 1. The van der Waals surface area contributed by atoms with Gasteiger partial charge < -0.3 is 9.80 Å². The van der Waals surface area contributed by atoms with E-state index >= 15 is 0 Å². The van der Waals surface area contributed by atoms with Crippen LogP contribution < -0.4 is 4.90 Å². The molecular weight excluding hydrogens is 188 g/mol. The molecule has 1 heterocycles. The second-order valence-electron chi connectivity index (χ2n) is 4.75. The maximum absolute atomic E-state index is 10.6. The van der Waals surface area contributed by atoms with E-state index in [4.69, 9.17) is 0 Å². The van der Waals surface area contributed by atoms with E-state index in [-0.39, 0.29) is 0 Å². The van der Waals surface area contributed by atoms with Gasteiger partial charge in [0, 0.05) is 5.92 Å². The molecule has 15 heavy (non-hydrogen) atoms. The third-order valence-corrected chi connectivity index (χ3v) is 3.61. The van der Waals surface area contributed by atoms with Crippen LogP contribution in [0.15, 0.2) is 12.2 Å². The number of nitrogens with one attached hydrogen (secondary N) is 1. The third kappa shape index (κ3) is 3.06. The van der Waals surface area contributed by atoms with Gasteiger partial charge in [-0.1, -0.05) is 12.2 Å². The topological polar surface area (TPSA) is 24.8 Å². The first-order valence-corrected chi connectivity index (χ1v) is 6.06. The van der Waals surface area contributed by atoms with Crippen LogP contribution in [0.1, 0.15) is 19.3 Å². The van der Waals surface area contributed by atoms with Crippen molar-refractivity contribution in [2.24, 2.45) is 5.92 Å². The summed E-state index contributed by atoms with van der Waals surface area (Å²) in [5, 5.41) is 0. The zero-order valence-electron chi connectivity index (χ0n) is 9.32. The van der Waals surface area contributed by atoms with Gasteiger partial charge in [-0.3, -0.25) is 4.79 Å². The van der Waals surface area contributed by atoms with Crippen LogP contribution in [0, 0.1) is 5.92 Å². The SMILES string of the molecule is O=CN1CC[NH+](C[C@@H]2CC=CCC2)CC1. The lowest BCUT2D eigenvalue weighted by Crippen LogP contribution is -3.15. The molecule has 3 heteroatoms. The molecule has 1 amide bonds. The van der Waals surface area contributed by atoms with Crippen molar-refractivity contribution in [2.75, 3.05) is 32.7 Å². The summed E-state index contributed by atoms with van der Waals surface area (Å²) in [5.41, 5.74) is 0. The number of hydrogen-bond acceptors (Lipinski definition) is 1. The summed E-state index contributed by atoms with van der Waals surface area (Å²) in [6, 6.07) is 0. The highest BCUT2D eigenvalue weighted by Crippen LogP contribution is 2.15. The Bertz CT molecular complexity index is 232. The summed E-state index contributed by atoms with van der Waals surface area (Å²) >= 11 is 0. The van der Waals surface area contributed by atoms with Crippen LogP contribution in [-0.2, 0) is 4.79 Å². The van der Waals surface area contributed by atoms with Gasteiger partial charge in [0.05, 0.1) is 32.7 Å². The molecule has 2 aliphatic rings. The predicted molar refractivity (Wildman–Crippen MR) is 59.7 cm³/mol. The molecule has 1 fully saturated rings. The summed E-state index contributed by atoms with van der Waals surface area (Å²) in [6.45, 7) is 5.47. The molecule has 0 aromatic rings.